The minimum atomic E-state index is -0.673. The van der Waals surface area contributed by atoms with Crippen molar-refractivity contribution in [2.45, 2.75) is 13.5 Å². The first-order chi connectivity index (χ1) is 13.9. The molecule has 0 unspecified atom stereocenters. The number of nitrogens with one attached hydrogen (secondary N) is 1. The van der Waals surface area contributed by atoms with Crippen LogP contribution >= 0.6 is 11.6 Å². The van der Waals surface area contributed by atoms with Crippen LogP contribution in [0.15, 0.2) is 48.5 Å². The van der Waals surface area contributed by atoms with Gasteiger partial charge in [0.2, 0.25) is 11.7 Å². The number of esters is 1. The van der Waals surface area contributed by atoms with Crippen molar-refractivity contribution in [2.24, 2.45) is 0 Å². The molecule has 0 bridgehead atoms. The summed E-state index contributed by atoms with van der Waals surface area (Å²) < 4.78 is 4.98. The summed E-state index contributed by atoms with van der Waals surface area (Å²) in [6.45, 7) is 0.688. The number of carbonyl (C=O) groups is 3. The topological polar surface area (TPSA) is 116 Å². The number of ether oxygens (including phenoxy) is 1. The number of tetrazole rings is 1. The number of nitrogens with zero attached hydrogens (tertiary/aromatic N) is 4. The molecule has 1 heterocycles. The minimum Gasteiger partial charge on any atom is -0.456 e. The number of rotatable bonds is 7. The van der Waals surface area contributed by atoms with Crippen LogP contribution in [0.2, 0.25) is 5.02 Å². The van der Waals surface area contributed by atoms with E-state index in [1.807, 2.05) is 0 Å². The van der Waals surface area contributed by atoms with E-state index in [1.54, 1.807) is 48.5 Å². The summed E-state index contributed by atoms with van der Waals surface area (Å²) in [5.41, 5.74) is 1.63. The lowest BCUT2D eigenvalue weighted by molar-refractivity contribution is -0.143. The maximum Gasteiger partial charge on any atom is 0.330 e. The molecule has 1 amide bonds. The van der Waals surface area contributed by atoms with Gasteiger partial charge >= 0.3 is 5.97 Å². The third-order valence-electron chi connectivity index (χ3n) is 3.72. The number of halogens is 1. The average Bonchev–Trinajstić information content (AvgIpc) is 3.15. The van der Waals surface area contributed by atoms with Gasteiger partial charge in [-0.15, -0.1) is 10.2 Å². The highest BCUT2D eigenvalue weighted by atomic mass is 35.5. The molecule has 2 aromatic carbocycles. The fourth-order valence-electron chi connectivity index (χ4n) is 2.36. The van der Waals surface area contributed by atoms with Crippen molar-refractivity contribution < 1.29 is 19.1 Å². The zero-order chi connectivity index (χ0) is 20.8. The Balaban J connectivity index is 1.51. The smallest absolute Gasteiger partial charge is 0.330 e. The summed E-state index contributed by atoms with van der Waals surface area (Å²) in [5.74, 6) is -0.918. The molecule has 29 heavy (non-hydrogen) atoms. The highest BCUT2D eigenvalue weighted by molar-refractivity contribution is 6.30. The minimum absolute atomic E-state index is 0.209. The highest BCUT2D eigenvalue weighted by Gasteiger charge is 2.13. The number of anilines is 1. The maximum absolute atomic E-state index is 12.1. The van der Waals surface area contributed by atoms with E-state index in [0.29, 0.717) is 27.7 Å². The molecule has 0 atom stereocenters. The fraction of sp³-hybridized carbons (Fsp3) is 0.158. The first-order valence-electron chi connectivity index (χ1n) is 8.51. The summed E-state index contributed by atoms with van der Waals surface area (Å²) in [5, 5.41) is 15.0. The molecule has 3 rings (SSSR count). The predicted molar refractivity (Wildman–Crippen MR) is 104 cm³/mol. The first kappa shape index (κ1) is 20.2. The zero-order valence-electron chi connectivity index (χ0n) is 15.3. The van der Waals surface area contributed by atoms with Crippen LogP contribution in [0, 0.1) is 0 Å². The Labute approximate surface area is 170 Å². The van der Waals surface area contributed by atoms with Crippen LogP contribution in [0.5, 0.6) is 0 Å². The second kappa shape index (κ2) is 9.07. The quantitative estimate of drug-likeness (QED) is 0.467. The van der Waals surface area contributed by atoms with E-state index in [2.05, 4.69) is 20.7 Å². The molecule has 1 N–H and O–H groups in total. The molecule has 0 aliphatic heterocycles. The number of aromatic nitrogens is 4. The molecule has 1 aromatic heterocycles. The molecular formula is C19H16ClN5O4. The van der Waals surface area contributed by atoms with Crippen molar-refractivity contribution in [2.75, 3.05) is 11.9 Å². The molecule has 0 radical (unpaired) electrons. The Bertz CT molecular complexity index is 1030. The molecule has 9 nitrogen and oxygen atoms in total. The van der Waals surface area contributed by atoms with E-state index in [0.717, 1.165) is 4.80 Å². The van der Waals surface area contributed by atoms with Gasteiger partial charge in [-0.1, -0.05) is 11.6 Å². The van der Waals surface area contributed by atoms with Gasteiger partial charge < -0.3 is 10.1 Å². The fourth-order valence-corrected chi connectivity index (χ4v) is 2.48. The van der Waals surface area contributed by atoms with Gasteiger partial charge in [0.1, 0.15) is 0 Å². The lowest BCUT2D eigenvalue weighted by atomic mass is 10.1. The number of amides is 1. The van der Waals surface area contributed by atoms with E-state index in [4.69, 9.17) is 16.3 Å². The van der Waals surface area contributed by atoms with Gasteiger partial charge in [0, 0.05) is 28.8 Å². The van der Waals surface area contributed by atoms with Gasteiger partial charge in [0.25, 0.3) is 0 Å². The first-order valence-corrected chi connectivity index (χ1v) is 8.89. The highest BCUT2D eigenvalue weighted by Crippen LogP contribution is 2.17. The number of benzene rings is 2. The SMILES string of the molecule is CC(=O)Nc1ccc(C(=O)COC(=O)Cn2nnc(-c3ccc(Cl)cc3)n2)cc1. The van der Waals surface area contributed by atoms with Crippen molar-refractivity contribution in [3.05, 3.63) is 59.1 Å². The third-order valence-corrected chi connectivity index (χ3v) is 3.97. The normalized spacial score (nSPS) is 10.4. The van der Waals surface area contributed by atoms with E-state index in [1.165, 1.54) is 6.92 Å². The molecule has 3 aromatic rings. The second-order valence-corrected chi connectivity index (χ2v) is 6.43. The van der Waals surface area contributed by atoms with Gasteiger partial charge in [-0.05, 0) is 53.7 Å². The largest absolute Gasteiger partial charge is 0.456 e. The number of hydrogen-bond donors (Lipinski definition) is 1. The molecule has 148 valence electrons. The van der Waals surface area contributed by atoms with Crippen LogP contribution in [0.4, 0.5) is 5.69 Å². The van der Waals surface area contributed by atoms with Gasteiger partial charge in [0.05, 0.1) is 0 Å². The second-order valence-electron chi connectivity index (χ2n) is 5.99. The van der Waals surface area contributed by atoms with Crippen molar-refractivity contribution in [3.8, 4) is 11.4 Å². The van der Waals surface area contributed by atoms with Crippen LogP contribution in [0.3, 0.4) is 0 Å². The number of Topliss-reactive ketones (excluding diaryl/α,β-unsaturated/α-hetero) is 1. The van der Waals surface area contributed by atoms with E-state index in [9.17, 15) is 14.4 Å². The standard InChI is InChI=1S/C19H16ClN5O4/c1-12(26)21-16-8-4-13(5-9-16)17(27)11-29-18(28)10-25-23-19(22-24-25)14-2-6-15(20)7-3-14/h2-9H,10-11H2,1H3,(H,21,26). The van der Waals surface area contributed by atoms with Crippen molar-refractivity contribution >= 4 is 34.9 Å². The van der Waals surface area contributed by atoms with E-state index in [-0.39, 0.29) is 18.2 Å². The summed E-state index contributed by atoms with van der Waals surface area (Å²) >= 11 is 5.84. The van der Waals surface area contributed by atoms with Crippen LogP contribution in [0.1, 0.15) is 17.3 Å². The summed E-state index contributed by atoms with van der Waals surface area (Å²) in [4.78, 5) is 36.2. The Morgan fingerprint density at radius 2 is 1.76 bits per heavy atom. The van der Waals surface area contributed by atoms with Gasteiger partial charge in [-0.3, -0.25) is 9.59 Å². The van der Waals surface area contributed by atoms with Crippen LogP contribution in [-0.2, 0) is 20.9 Å². The van der Waals surface area contributed by atoms with Crippen molar-refractivity contribution in [1.82, 2.24) is 20.2 Å². The lowest BCUT2D eigenvalue weighted by Crippen LogP contribution is -2.20. The predicted octanol–water partition coefficient (Wildman–Crippen LogP) is 2.38. The Hall–Kier alpha value is -3.59. The summed E-state index contributed by atoms with van der Waals surface area (Å²) in [6, 6.07) is 13.1. The summed E-state index contributed by atoms with van der Waals surface area (Å²) in [7, 11) is 0. The average molecular weight is 414 g/mol. The van der Waals surface area contributed by atoms with Crippen molar-refractivity contribution in [3.63, 3.8) is 0 Å². The maximum atomic E-state index is 12.1. The van der Waals surface area contributed by atoms with E-state index < -0.39 is 12.6 Å². The summed E-state index contributed by atoms with van der Waals surface area (Å²) in [6.07, 6.45) is 0. The number of hydrogen-bond acceptors (Lipinski definition) is 7. The molecule has 10 heteroatoms. The van der Waals surface area contributed by atoms with Crippen molar-refractivity contribution in [1.29, 1.82) is 0 Å². The molecule has 0 aliphatic carbocycles. The van der Waals surface area contributed by atoms with Crippen LogP contribution in [-0.4, -0.2) is 44.5 Å². The lowest BCUT2D eigenvalue weighted by Gasteiger charge is -2.05. The molecule has 0 saturated heterocycles. The Morgan fingerprint density at radius 1 is 1.07 bits per heavy atom. The molecule has 0 spiro atoms. The Kier molecular flexibility index (Phi) is 6.30. The molecule has 0 fully saturated rings. The zero-order valence-corrected chi connectivity index (χ0v) is 16.1. The Morgan fingerprint density at radius 3 is 2.41 bits per heavy atom. The molecular weight excluding hydrogens is 398 g/mol. The van der Waals surface area contributed by atoms with Crippen LogP contribution in [0.25, 0.3) is 11.4 Å². The van der Waals surface area contributed by atoms with Crippen LogP contribution < -0.4 is 5.32 Å². The number of ketones is 1. The van der Waals surface area contributed by atoms with Gasteiger partial charge in [-0.25, -0.2) is 4.79 Å². The number of carbonyl (C=O) groups excluding carboxylic acids is 3. The van der Waals surface area contributed by atoms with Gasteiger partial charge in [0.15, 0.2) is 18.9 Å². The van der Waals surface area contributed by atoms with Gasteiger partial charge in [-0.2, -0.15) is 4.80 Å². The molecule has 0 aliphatic rings. The third kappa shape index (κ3) is 5.69. The van der Waals surface area contributed by atoms with E-state index >= 15 is 0 Å². The molecule has 0 saturated carbocycles. The monoisotopic (exact) mass is 413 g/mol.